The number of ether oxygens (including phenoxy) is 2. The van der Waals surface area contributed by atoms with Crippen LogP contribution in [0.4, 0.5) is 0 Å². The van der Waals surface area contributed by atoms with Gasteiger partial charge in [0.1, 0.15) is 0 Å². The highest BCUT2D eigenvalue weighted by Gasteiger charge is 2.15. The van der Waals surface area contributed by atoms with Crippen LogP contribution >= 0.6 is 0 Å². The van der Waals surface area contributed by atoms with Gasteiger partial charge in [-0.05, 0) is 45.2 Å². The Morgan fingerprint density at radius 2 is 1.95 bits per heavy atom. The van der Waals surface area contributed by atoms with Crippen LogP contribution in [0.5, 0.6) is 11.5 Å². The van der Waals surface area contributed by atoms with Crippen LogP contribution < -0.4 is 14.8 Å². The molecule has 21 heavy (non-hydrogen) atoms. The van der Waals surface area contributed by atoms with E-state index < -0.39 is 0 Å². The fourth-order valence-electron chi connectivity index (χ4n) is 3.03. The molecular formula is C18H29NO2. The highest BCUT2D eigenvalue weighted by atomic mass is 16.5. The van der Waals surface area contributed by atoms with E-state index in [1.165, 1.54) is 37.7 Å². The van der Waals surface area contributed by atoms with Crippen LogP contribution in [0.3, 0.4) is 0 Å². The molecule has 0 heterocycles. The maximum atomic E-state index is 5.94. The molecule has 3 heteroatoms. The van der Waals surface area contributed by atoms with Crippen LogP contribution in [-0.4, -0.2) is 19.8 Å². The largest absolute Gasteiger partial charge is 0.493 e. The molecule has 0 amide bonds. The van der Waals surface area contributed by atoms with Gasteiger partial charge in [-0.15, -0.1) is 0 Å². The predicted molar refractivity (Wildman–Crippen MR) is 87.0 cm³/mol. The van der Waals surface area contributed by atoms with Crippen LogP contribution in [0.15, 0.2) is 18.2 Å². The Balaban J connectivity index is 1.94. The van der Waals surface area contributed by atoms with E-state index in [1.54, 1.807) is 7.11 Å². The molecule has 1 saturated carbocycles. The Morgan fingerprint density at radius 3 is 2.62 bits per heavy atom. The molecule has 3 nitrogen and oxygen atoms in total. The zero-order valence-electron chi connectivity index (χ0n) is 13.7. The number of methoxy groups -OCH3 is 1. The summed E-state index contributed by atoms with van der Waals surface area (Å²) in [7, 11) is 1.70. The van der Waals surface area contributed by atoms with Crippen molar-refractivity contribution in [2.75, 3.05) is 13.7 Å². The van der Waals surface area contributed by atoms with Crippen molar-refractivity contribution in [1.29, 1.82) is 0 Å². The average molecular weight is 291 g/mol. The van der Waals surface area contributed by atoms with Gasteiger partial charge >= 0.3 is 0 Å². The molecule has 1 aliphatic rings. The second kappa shape index (κ2) is 8.28. The summed E-state index contributed by atoms with van der Waals surface area (Å²) in [5, 5.41) is 3.60. The average Bonchev–Trinajstić information content (AvgIpc) is 2.49. The lowest BCUT2D eigenvalue weighted by molar-refractivity contribution is 0.227. The molecule has 0 atom stereocenters. The Labute approximate surface area is 129 Å². The van der Waals surface area contributed by atoms with Gasteiger partial charge in [0.05, 0.1) is 13.2 Å². The van der Waals surface area contributed by atoms with Crippen molar-refractivity contribution >= 4 is 0 Å². The normalized spacial score (nSPS) is 16.2. The van der Waals surface area contributed by atoms with Gasteiger partial charge in [-0.2, -0.15) is 0 Å². The van der Waals surface area contributed by atoms with E-state index in [4.69, 9.17) is 9.47 Å². The lowest BCUT2D eigenvalue weighted by atomic mass is 9.89. The first-order valence-electron chi connectivity index (χ1n) is 8.24. The van der Waals surface area contributed by atoms with Crippen molar-refractivity contribution in [3.05, 3.63) is 23.8 Å². The molecule has 0 aromatic heterocycles. The molecule has 1 aliphatic carbocycles. The SMILES string of the molecule is COc1cccc(CNCC2CCCCC2)c1OC(C)C. The monoisotopic (exact) mass is 291 g/mol. The summed E-state index contributed by atoms with van der Waals surface area (Å²) < 4.78 is 11.4. The van der Waals surface area contributed by atoms with E-state index in [1.807, 2.05) is 26.0 Å². The molecule has 1 aromatic rings. The van der Waals surface area contributed by atoms with E-state index in [2.05, 4.69) is 11.4 Å². The van der Waals surface area contributed by atoms with Crippen LogP contribution in [0.1, 0.15) is 51.5 Å². The van der Waals surface area contributed by atoms with Crippen molar-refractivity contribution in [2.45, 2.75) is 58.6 Å². The first-order chi connectivity index (χ1) is 10.2. The van der Waals surface area contributed by atoms with Crippen LogP contribution in [0, 0.1) is 5.92 Å². The van der Waals surface area contributed by atoms with Crippen molar-refractivity contribution in [1.82, 2.24) is 5.32 Å². The van der Waals surface area contributed by atoms with Crippen molar-refractivity contribution in [3.8, 4) is 11.5 Å². The molecule has 1 aromatic carbocycles. The van der Waals surface area contributed by atoms with Gasteiger partial charge < -0.3 is 14.8 Å². The van der Waals surface area contributed by atoms with E-state index in [-0.39, 0.29) is 6.10 Å². The van der Waals surface area contributed by atoms with Gasteiger partial charge in [0.15, 0.2) is 11.5 Å². The fraction of sp³-hybridized carbons (Fsp3) is 0.667. The second-order valence-corrected chi connectivity index (χ2v) is 6.25. The molecule has 118 valence electrons. The minimum absolute atomic E-state index is 0.151. The summed E-state index contributed by atoms with van der Waals surface area (Å²) >= 11 is 0. The highest BCUT2D eigenvalue weighted by molar-refractivity contribution is 5.46. The summed E-state index contributed by atoms with van der Waals surface area (Å²) in [6.45, 7) is 6.05. The summed E-state index contributed by atoms with van der Waals surface area (Å²) in [4.78, 5) is 0. The standard InChI is InChI=1S/C18H29NO2/c1-14(2)21-18-16(10-7-11-17(18)20-3)13-19-12-15-8-5-4-6-9-15/h7,10-11,14-15,19H,4-6,8-9,12-13H2,1-3H3. The van der Waals surface area contributed by atoms with Gasteiger partial charge in [-0.1, -0.05) is 31.4 Å². The first kappa shape index (κ1) is 16.2. The van der Waals surface area contributed by atoms with Gasteiger partial charge in [-0.25, -0.2) is 0 Å². The Morgan fingerprint density at radius 1 is 1.19 bits per heavy atom. The zero-order valence-corrected chi connectivity index (χ0v) is 13.7. The summed E-state index contributed by atoms with van der Waals surface area (Å²) in [5.74, 6) is 2.55. The predicted octanol–water partition coefficient (Wildman–Crippen LogP) is 4.15. The van der Waals surface area contributed by atoms with Gasteiger partial charge in [0.2, 0.25) is 0 Å². The van der Waals surface area contributed by atoms with E-state index in [0.29, 0.717) is 0 Å². The molecule has 0 radical (unpaired) electrons. The van der Waals surface area contributed by atoms with Gasteiger partial charge in [0, 0.05) is 12.1 Å². The smallest absolute Gasteiger partial charge is 0.166 e. The van der Waals surface area contributed by atoms with Crippen LogP contribution in [-0.2, 0) is 6.54 Å². The van der Waals surface area contributed by atoms with E-state index in [9.17, 15) is 0 Å². The molecule has 1 fully saturated rings. The Hall–Kier alpha value is -1.22. The summed E-state index contributed by atoms with van der Waals surface area (Å²) in [6, 6.07) is 6.11. The minimum Gasteiger partial charge on any atom is -0.493 e. The molecule has 2 rings (SSSR count). The second-order valence-electron chi connectivity index (χ2n) is 6.25. The summed E-state index contributed by atoms with van der Waals surface area (Å²) in [6.07, 6.45) is 7.11. The number of hydrogen-bond acceptors (Lipinski definition) is 3. The molecule has 0 spiro atoms. The number of para-hydroxylation sites is 1. The maximum Gasteiger partial charge on any atom is 0.166 e. The fourth-order valence-corrected chi connectivity index (χ4v) is 3.03. The third-order valence-corrected chi connectivity index (χ3v) is 4.11. The zero-order chi connectivity index (χ0) is 15.1. The number of nitrogens with one attached hydrogen (secondary N) is 1. The lowest BCUT2D eigenvalue weighted by Gasteiger charge is -2.22. The van der Waals surface area contributed by atoms with Crippen LogP contribution in [0.25, 0.3) is 0 Å². The van der Waals surface area contributed by atoms with Crippen molar-refractivity contribution in [3.63, 3.8) is 0 Å². The van der Waals surface area contributed by atoms with Crippen LogP contribution in [0.2, 0.25) is 0 Å². The molecule has 0 saturated heterocycles. The molecule has 0 bridgehead atoms. The topological polar surface area (TPSA) is 30.5 Å². The number of benzene rings is 1. The maximum absolute atomic E-state index is 5.94. The minimum atomic E-state index is 0.151. The third kappa shape index (κ3) is 4.92. The molecular weight excluding hydrogens is 262 g/mol. The number of hydrogen-bond donors (Lipinski definition) is 1. The van der Waals surface area contributed by atoms with Crippen molar-refractivity contribution in [2.24, 2.45) is 5.92 Å². The van der Waals surface area contributed by atoms with E-state index in [0.717, 1.165) is 30.5 Å². The molecule has 0 aliphatic heterocycles. The Kier molecular flexibility index (Phi) is 6.37. The number of rotatable bonds is 7. The lowest BCUT2D eigenvalue weighted by Crippen LogP contribution is -2.24. The van der Waals surface area contributed by atoms with Gasteiger partial charge in [-0.3, -0.25) is 0 Å². The highest BCUT2D eigenvalue weighted by Crippen LogP contribution is 2.32. The van der Waals surface area contributed by atoms with E-state index >= 15 is 0 Å². The summed E-state index contributed by atoms with van der Waals surface area (Å²) in [5.41, 5.74) is 1.18. The van der Waals surface area contributed by atoms with Gasteiger partial charge in [0.25, 0.3) is 0 Å². The molecule has 0 unspecified atom stereocenters. The first-order valence-corrected chi connectivity index (χ1v) is 8.24. The quantitative estimate of drug-likeness (QED) is 0.818. The Bertz CT molecular complexity index is 425. The molecule has 1 N–H and O–H groups in total. The third-order valence-electron chi connectivity index (χ3n) is 4.11. The van der Waals surface area contributed by atoms with Crippen molar-refractivity contribution < 1.29 is 9.47 Å².